The molecule has 0 saturated carbocycles. The van der Waals surface area contributed by atoms with Crippen molar-refractivity contribution >= 4 is 11.6 Å². The van der Waals surface area contributed by atoms with Crippen LogP contribution in [0.15, 0.2) is 42.5 Å². The predicted octanol–water partition coefficient (Wildman–Crippen LogP) is 4.72. The summed E-state index contributed by atoms with van der Waals surface area (Å²) < 4.78 is 37.9. The maximum absolute atomic E-state index is 12.6. The molecule has 0 saturated heterocycles. The molecular formula is C15H13ClF3N. The second-order valence-corrected chi connectivity index (χ2v) is 5.04. The molecule has 0 amide bonds. The van der Waals surface area contributed by atoms with Crippen molar-refractivity contribution in [2.75, 3.05) is 0 Å². The molecule has 0 heterocycles. The predicted molar refractivity (Wildman–Crippen MR) is 73.7 cm³/mol. The molecule has 0 aromatic heterocycles. The smallest absolute Gasteiger partial charge is 0.320 e. The Hall–Kier alpha value is -1.52. The maximum atomic E-state index is 12.6. The largest absolute Gasteiger partial charge is 0.416 e. The number of benzene rings is 2. The van der Waals surface area contributed by atoms with E-state index >= 15 is 0 Å². The van der Waals surface area contributed by atoms with Crippen LogP contribution in [0.2, 0.25) is 5.02 Å². The summed E-state index contributed by atoms with van der Waals surface area (Å²) in [5, 5.41) is 0.544. The van der Waals surface area contributed by atoms with Gasteiger partial charge in [0.25, 0.3) is 0 Å². The average Bonchev–Trinajstić information content (AvgIpc) is 2.36. The summed E-state index contributed by atoms with van der Waals surface area (Å²) in [7, 11) is 0. The van der Waals surface area contributed by atoms with Gasteiger partial charge in [-0.1, -0.05) is 29.8 Å². The van der Waals surface area contributed by atoms with E-state index in [0.717, 1.165) is 17.7 Å². The van der Waals surface area contributed by atoms with Gasteiger partial charge in [0.2, 0.25) is 0 Å². The highest BCUT2D eigenvalue weighted by molar-refractivity contribution is 6.30. The fourth-order valence-electron chi connectivity index (χ4n) is 2.08. The quantitative estimate of drug-likeness (QED) is 0.853. The van der Waals surface area contributed by atoms with Crippen LogP contribution in [0.3, 0.4) is 0 Å². The number of aryl methyl sites for hydroxylation is 1. The minimum atomic E-state index is -4.34. The van der Waals surface area contributed by atoms with Crippen molar-refractivity contribution in [3.05, 3.63) is 69.7 Å². The van der Waals surface area contributed by atoms with Crippen LogP contribution in [0, 0.1) is 6.92 Å². The lowest BCUT2D eigenvalue weighted by Crippen LogP contribution is -2.14. The molecule has 1 nitrogen and oxygen atoms in total. The van der Waals surface area contributed by atoms with E-state index in [9.17, 15) is 13.2 Å². The molecule has 106 valence electrons. The van der Waals surface area contributed by atoms with E-state index in [4.69, 9.17) is 17.3 Å². The molecule has 2 N–H and O–H groups in total. The summed E-state index contributed by atoms with van der Waals surface area (Å²) >= 11 is 5.90. The number of alkyl halides is 3. The molecule has 1 unspecified atom stereocenters. The summed E-state index contributed by atoms with van der Waals surface area (Å²) in [6.07, 6.45) is -4.34. The van der Waals surface area contributed by atoms with Gasteiger partial charge in [0, 0.05) is 5.02 Å². The molecule has 0 fully saturated rings. The van der Waals surface area contributed by atoms with E-state index in [2.05, 4.69) is 0 Å². The first-order chi connectivity index (χ1) is 9.29. The number of rotatable bonds is 2. The Labute approximate surface area is 120 Å². The molecule has 0 aliphatic rings. The van der Waals surface area contributed by atoms with Gasteiger partial charge in [0.15, 0.2) is 0 Å². The zero-order valence-corrected chi connectivity index (χ0v) is 11.5. The highest BCUT2D eigenvalue weighted by atomic mass is 35.5. The first-order valence-electron chi connectivity index (χ1n) is 5.98. The van der Waals surface area contributed by atoms with Crippen LogP contribution in [0.1, 0.15) is 28.3 Å². The highest BCUT2D eigenvalue weighted by Gasteiger charge is 2.30. The summed E-state index contributed by atoms with van der Waals surface area (Å²) in [4.78, 5) is 0. The fourth-order valence-corrected chi connectivity index (χ4v) is 2.28. The normalized spacial score (nSPS) is 13.3. The molecule has 0 aliphatic carbocycles. The molecule has 20 heavy (non-hydrogen) atoms. The van der Waals surface area contributed by atoms with Crippen LogP contribution in [0.5, 0.6) is 0 Å². The van der Waals surface area contributed by atoms with Gasteiger partial charge in [-0.2, -0.15) is 13.2 Å². The molecule has 0 radical (unpaired) electrons. The Morgan fingerprint density at radius 3 is 2.35 bits per heavy atom. The van der Waals surface area contributed by atoms with E-state index in [-0.39, 0.29) is 0 Å². The topological polar surface area (TPSA) is 26.0 Å². The van der Waals surface area contributed by atoms with Crippen LogP contribution < -0.4 is 5.73 Å². The number of hydrogen-bond acceptors (Lipinski definition) is 1. The SMILES string of the molecule is Cc1cc(C(F)(F)F)ccc1C(N)c1cccc(Cl)c1. The van der Waals surface area contributed by atoms with Crippen LogP contribution in [0.25, 0.3) is 0 Å². The van der Waals surface area contributed by atoms with Gasteiger partial charge < -0.3 is 5.73 Å². The van der Waals surface area contributed by atoms with E-state index in [1.807, 2.05) is 0 Å². The van der Waals surface area contributed by atoms with Crippen molar-refractivity contribution in [2.45, 2.75) is 19.1 Å². The zero-order valence-electron chi connectivity index (χ0n) is 10.7. The van der Waals surface area contributed by atoms with Gasteiger partial charge >= 0.3 is 6.18 Å². The number of hydrogen-bond donors (Lipinski definition) is 1. The molecule has 2 rings (SSSR count). The lowest BCUT2D eigenvalue weighted by molar-refractivity contribution is -0.137. The Morgan fingerprint density at radius 1 is 1.10 bits per heavy atom. The Morgan fingerprint density at radius 2 is 1.80 bits per heavy atom. The minimum Gasteiger partial charge on any atom is -0.320 e. The van der Waals surface area contributed by atoms with Crippen LogP contribution >= 0.6 is 11.6 Å². The summed E-state index contributed by atoms with van der Waals surface area (Å²) in [5.74, 6) is 0. The standard InChI is InChI=1S/C15H13ClF3N/c1-9-7-11(15(17,18)19)5-6-13(9)14(20)10-3-2-4-12(16)8-10/h2-8,14H,20H2,1H3. The second kappa shape index (κ2) is 5.46. The minimum absolute atomic E-state index is 0.504. The van der Waals surface area contributed by atoms with Crippen molar-refractivity contribution in [3.8, 4) is 0 Å². The highest BCUT2D eigenvalue weighted by Crippen LogP contribution is 2.32. The van der Waals surface area contributed by atoms with E-state index in [1.165, 1.54) is 6.07 Å². The summed E-state index contributed by atoms with van der Waals surface area (Å²) in [6.45, 7) is 1.62. The van der Waals surface area contributed by atoms with Crippen molar-refractivity contribution in [3.63, 3.8) is 0 Å². The molecule has 0 aliphatic heterocycles. The van der Waals surface area contributed by atoms with Crippen molar-refractivity contribution < 1.29 is 13.2 Å². The Bertz CT molecular complexity index is 623. The molecule has 1 atom stereocenters. The molecule has 5 heteroatoms. The Kier molecular flexibility index (Phi) is 4.06. The third-order valence-electron chi connectivity index (χ3n) is 3.14. The monoisotopic (exact) mass is 299 g/mol. The van der Waals surface area contributed by atoms with Crippen molar-refractivity contribution in [1.82, 2.24) is 0 Å². The average molecular weight is 300 g/mol. The zero-order chi connectivity index (χ0) is 14.9. The molecule has 2 aromatic carbocycles. The first kappa shape index (κ1) is 14.9. The fraction of sp³-hybridized carbons (Fsp3) is 0.200. The molecular weight excluding hydrogens is 287 g/mol. The maximum Gasteiger partial charge on any atom is 0.416 e. The Balaban J connectivity index is 2.38. The van der Waals surface area contributed by atoms with Crippen molar-refractivity contribution in [2.24, 2.45) is 5.73 Å². The molecule has 0 bridgehead atoms. The van der Waals surface area contributed by atoms with Gasteiger partial charge in [-0.05, 0) is 47.9 Å². The van der Waals surface area contributed by atoms with Crippen molar-refractivity contribution in [1.29, 1.82) is 0 Å². The summed E-state index contributed by atoms with van der Waals surface area (Å²) in [5.41, 5.74) is 7.36. The number of halogens is 4. The first-order valence-corrected chi connectivity index (χ1v) is 6.35. The van der Waals surface area contributed by atoms with Gasteiger partial charge in [-0.3, -0.25) is 0 Å². The second-order valence-electron chi connectivity index (χ2n) is 4.60. The van der Waals surface area contributed by atoms with Gasteiger partial charge in [0.05, 0.1) is 11.6 Å². The lowest BCUT2D eigenvalue weighted by Gasteiger charge is -2.17. The van der Waals surface area contributed by atoms with Crippen LogP contribution in [-0.4, -0.2) is 0 Å². The van der Waals surface area contributed by atoms with Gasteiger partial charge in [-0.25, -0.2) is 0 Å². The van der Waals surface area contributed by atoms with E-state index in [0.29, 0.717) is 16.1 Å². The third-order valence-corrected chi connectivity index (χ3v) is 3.38. The van der Waals surface area contributed by atoms with Crippen LogP contribution in [0.4, 0.5) is 13.2 Å². The summed E-state index contributed by atoms with van der Waals surface area (Å²) in [6, 6.07) is 10.1. The van der Waals surface area contributed by atoms with Gasteiger partial charge in [-0.15, -0.1) is 0 Å². The lowest BCUT2D eigenvalue weighted by atomic mass is 9.94. The third kappa shape index (κ3) is 3.14. The molecule has 2 aromatic rings. The molecule has 0 spiro atoms. The van der Waals surface area contributed by atoms with E-state index in [1.54, 1.807) is 31.2 Å². The van der Waals surface area contributed by atoms with Crippen LogP contribution in [-0.2, 0) is 6.18 Å². The number of nitrogens with two attached hydrogens (primary N) is 1. The van der Waals surface area contributed by atoms with Gasteiger partial charge in [0.1, 0.15) is 0 Å². The van der Waals surface area contributed by atoms with E-state index < -0.39 is 17.8 Å².